The Morgan fingerprint density at radius 1 is 1.35 bits per heavy atom. The zero-order valence-electron chi connectivity index (χ0n) is 8.86. The van der Waals surface area contributed by atoms with E-state index in [-0.39, 0.29) is 6.42 Å². The van der Waals surface area contributed by atoms with Crippen LogP contribution < -0.4 is 0 Å². The van der Waals surface area contributed by atoms with Gasteiger partial charge in [0, 0.05) is 11.9 Å². The summed E-state index contributed by atoms with van der Waals surface area (Å²) < 4.78 is 60.6. The Hall–Kier alpha value is -1.15. The first kappa shape index (κ1) is 13.9. The van der Waals surface area contributed by atoms with E-state index in [0.29, 0.717) is 5.56 Å². The van der Waals surface area contributed by atoms with Crippen LogP contribution in [0.1, 0.15) is 11.3 Å². The minimum Gasteiger partial charge on any atom is -0.263 e. The molecule has 0 fully saturated rings. The van der Waals surface area contributed by atoms with Gasteiger partial charge in [0.2, 0.25) is 0 Å². The van der Waals surface area contributed by atoms with Crippen molar-refractivity contribution in [1.82, 2.24) is 4.98 Å². The minimum atomic E-state index is -5.50. The summed E-state index contributed by atoms with van der Waals surface area (Å²) in [6.45, 7) is 1.20. The maximum absolute atomic E-state index is 11.9. The molecule has 96 valence electrons. The molecule has 0 unspecified atom stereocenters. The van der Waals surface area contributed by atoms with Crippen LogP contribution in [-0.2, 0) is 20.7 Å². The lowest BCUT2D eigenvalue weighted by atomic mass is 10.2. The van der Waals surface area contributed by atoms with Gasteiger partial charge in [-0.25, -0.2) is 0 Å². The van der Waals surface area contributed by atoms with E-state index in [0.717, 1.165) is 5.69 Å². The Balaban J connectivity index is 2.52. The molecule has 1 aromatic heterocycles. The normalized spacial score (nSPS) is 12.7. The number of hydrogen-bond acceptors (Lipinski definition) is 4. The van der Waals surface area contributed by atoms with Gasteiger partial charge in [0.05, 0.1) is 6.61 Å². The highest BCUT2D eigenvalue weighted by molar-refractivity contribution is 7.87. The van der Waals surface area contributed by atoms with Gasteiger partial charge in [0.1, 0.15) is 0 Å². The number of hydrogen-bond donors (Lipinski definition) is 0. The molecule has 0 saturated carbocycles. The van der Waals surface area contributed by atoms with E-state index in [1.54, 1.807) is 19.1 Å². The van der Waals surface area contributed by atoms with Crippen molar-refractivity contribution in [2.75, 3.05) is 6.61 Å². The van der Waals surface area contributed by atoms with Gasteiger partial charge < -0.3 is 0 Å². The Labute approximate surface area is 96.6 Å². The van der Waals surface area contributed by atoms with E-state index in [4.69, 9.17) is 0 Å². The molecule has 0 atom stereocenters. The molecule has 0 bridgehead atoms. The van der Waals surface area contributed by atoms with Crippen LogP contribution in [0.25, 0.3) is 0 Å². The lowest BCUT2D eigenvalue weighted by molar-refractivity contribution is -0.0541. The molecule has 1 aromatic rings. The van der Waals surface area contributed by atoms with Crippen molar-refractivity contribution in [3.63, 3.8) is 0 Å². The van der Waals surface area contributed by atoms with Gasteiger partial charge in [0.15, 0.2) is 0 Å². The van der Waals surface area contributed by atoms with Crippen LogP contribution in [0, 0.1) is 6.92 Å². The smallest absolute Gasteiger partial charge is 0.263 e. The largest absolute Gasteiger partial charge is 0.523 e. The van der Waals surface area contributed by atoms with Crippen LogP contribution in [0.3, 0.4) is 0 Å². The highest BCUT2D eigenvalue weighted by Gasteiger charge is 2.47. The van der Waals surface area contributed by atoms with Gasteiger partial charge in [-0.3, -0.25) is 9.17 Å². The van der Waals surface area contributed by atoms with Gasteiger partial charge in [-0.1, -0.05) is 6.07 Å². The molecule has 0 N–H and O–H groups in total. The second-order valence-corrected chi connectivity index (χ2v) is 4.89. The maximum atomic E-state index is 11.9. The third-order valence-electron chi connectivity index (χ3n) is 1.89. The molecule has 0 amide bonds. The first-order chi connectivity index (χ1) is 7.72. The van der Waals surface area contributed by atoms with E-state index < -0.39 is 22.2 Å². The summed E-state index contributed by atoms with van der Waals surface area (Å²) in [5, 5.41) is 0. The topological polar surface area (TPSA) is 56.3 Å². The zero-order chi connectivity index (χ0) is 13.1. The summed E-state index contributed by atoms with van der Waals surface area (Å²) in [5.41, 5.74) is -4.01. The molecule has 1 rings (SSSR count). The summed E-state index contributed by atoms with van der Waals surface area (Å²) in [5.74, 6) is 0. The molecule has 0 aliphatic carbocycles. The fraction of sp³-hybridized carbons (Fsp3) is 0.444. The van der Waals surface area contributed by atoms with Crippen molar-refractivity contribution in [3.05, 3.63) is 29.6 Å². The van der Waals surface area contributed by atoms with E-state index in [2.05, 4.69) is 9.17 Å². The third-order valence-corrected chi connectivity index (χ3v) is 2.93. The van der Waals surface area contributed by atoms with Gasteiger partial charge >= 0.3 is 15.6 Å². The molecular formula is C9H10F3NO3S. The predicted octanol–water partition coefficient (Wildman–Crippen LogP) is 1.80. The van der Waals surface area contributed by atoms with Gasteiger partial charge in [0.25, 0.3) is 0 Å². The summed E-state index contributed by atoms with van der Waals surface area (Å²) in [4.78, 5) is 3.92. The summed E-state index contributed by atoms with van der Waals surface area (Å²) in [6.07, 6.45) is 1.50. The average Bonchev–Trinajstić information content (AvgIpc) is 2.19. The highest BCUT2D eigenvalue weighted by Crippen LogP contribution is 2.24. The number of pyridine rings is 1. The number of aryl methyl sites for hydroxylation is 1. The molecule has 1 heterocycles. The molecular weight excluding hydrogens is 259 g/mol. The fourth-order valence-electron chi connectivity index (χ4n) is 0.982. The average molecular weight is 269 g/mol. The molecule has 0 saturated heterocycles. The second-order valence-electron chi connectivity index (χ2n) is 3.28. The van der Waals surface area contributed by atoms with Crippen molar-refractivity contribution < 1.29 is 25.8 Å². The first-order valence-corrected chi connectivity index (χ1v) is 6.00. The molecule has 0 radical (unpaired) electrons. The monoisotopic (exact) mass is 269 g/mol. The van der Waals surface area contributed by atoms with E-state index >= 15 is 0 Å². The standard InChI is InChI=1S/C9H10F3NO3S/c1-7-2-3-8(6-13-7)4-5-16-17(14,15)9(10,11)12/h2-3,6H,4-5H2,1H3. The van der Waals surface area contributed by atoms with Gasteiger partial charge in [-0.05, 0) is 25.0 Å². The summed E-state index contributed by atoms with van der Waals surface area (Å²) >= 11 is 0. The van der Waals surface area contributed by atoms with Crippen molar-refractivity contribution in [1.29, 1.82) is 0 Å². The van der Waals surface area contributed by atoms with E-state index in [9.17, 15) is 21.6 Å². The summed E-state index contributed by atoms with van der Waals surface area (Å²) in [6, 6.07) is 3.32. The van der Waals surface area contributed by atoms with E-state index in [1.165, 1.54) is 6.20 Å². The molecule has 4 nitrogen and oxygen atoms in total. The Morgan fingerprint density at radius 3 is 2.47 bits per heavy atom. The number of halogens is 3. The summed E-state index contributed by atoms with van der Waals surface area (Å²) in [7, 11) is -5.50. The Morgan fingerprint density at radius 2 is 2.00 bits per heavy atom. The molecule has 8 heteroatoms. The molecule has 0 aliphatic heterocycles. The number of nitrogens with zero attached hydrogens (tertiary/aromatic N) is 1. The van der Waals surface area contributed by atoms with Crippen LogP contribution in [0.2, 0.25) is 0 Å². The van der Waals surface area contributed by atoms with Crippen molar-refractivity contribution in [2.24, 2.45) is 0 Å². The first-order valence-electron chi connectivity index (χ1n) is 4.59. The highest BCUT2D eigenvalue weighted by atomic mass is 32.2. The number of rotatable bonds is 4. The number of aromatic nitrogens is 1. The Kier molecular flexibility index (Phi) is 4.10. The Bertz CT molecular complexity index is 467. The SMILES string of the molecule is Cc1ccc(CCOS(=O)(=O)C(F)(F)F)cn1. The quantitative estimate of drug-likeness (QED) is 0.617. The maximum Gasteiger partial charge on any atom is 0.523 e. The van der Waals surface area contributed by atoms with Crippen LogP contribution >= 0.6 is 0 Å². The van der Waals surface area contributed by atoms with Crippen LogP contribution in [0.15, 0.2) is 18.3 Å². The predicted molar refractivity (Wildman–Crippen MR) is 53.6 cm³/mol. The van der Waals surface area contributed by atoms with Crippen molar-refractivity contribution in [3.8, 4) is 0 Å². The molecule has 17 heavy (non-hydrogen) atoms. The second kappa shape index (κ2) is 5.01. The third kappa shape index (κ3) is 3.97. The molecule has 0 aromatic carbocycles. The van der Waals surface area contributed by atoms with Crippen molar-refractivity contribution >= 4 is 10.1 Å². The van der Waals surface area contributed by atoms with Gasteiger partial charge in [-0.2, -0.15) is 21.6 Å². The van der Waals surface area contributed by atoms with E-state index in [1.807, 2.05) is 0 Å². The van der Waals surface area contributed by atoms with Crippen LogP contribution in [-0.4, -0.2) is 25.5 Å². The minimum absolute atomic E-state index is 0.0442. The van der Waals surface area contributed by atoms with Crippen molar-refractivity contribution in [2.45, 2.75) is 18.9 Å². The zero-order valence-corrected chi connectivity index (χ0v) is 9.68. The lowest BCUT2D eigenvalue weighted by Gasteiger charge is -2.08. The van der Waals surface area contributed by atoms with Crippen LogP contribution in [0.4, 0.5) is 13.2 Å². The fourth-order valence-corrected chi connectivity index (χ4v) is 1.42. The molecule has 0 spiro atoms. The number of alkyl halides is 3. The molecule has 0 aliphatic rings. The van der Waals surface area contributed by atoms with Gasteiger partial charge in [-0.15, -0.1) is 0 Å². The lowest BCUT2D eigenvalue weighted by Crippen LogP contribution is -2.26. The van der Waals surface area contributed by atoms with Crippen LogP contribution in [0.5, 0.6) is 0 Å².